The Morgan fingerprint density at radius 3 is 2.29 bits per heavy atom. The highest BCUT2D eigenvalue weighted by molar-refractivity contribution is 5.37. The number of fused-ring (bicyclic) bond motifs is 1. The average molecular weight is 324 g/mol. The van der Waals surface area contributed by atoms with Crippen LogP contribution in [0.15, 0.2) is 54.6 Å². The number of nitrogens with zero attached hydrogens (tertiary/aromatic N) is 1. The molecule has 2 aromatic rings. The Morgan fingerprint density at radius 2 is 1.67 bits per heavy atom. The Morgan fingerprint density at radius 1 is 1.04 bits per heavy atom. The lowest BCUT2D eigenvalue weighted by atomic mass is 9.65. The summed E-state index contributed by atoms with van der Waals surface area (Å²) in [6.45, 7) is 2.12. The van der Waals surface area contributed by atoms with Crippen molar-refractivity contribution in [1.82, 2.24) is 0 Å². The molecule has 0 saturated carbocycles. The number of quaternary nitrogens is 1. The molecule has 0 radical (unpaired) electrons. The molecule has 2 nitrogen and oxygen atoms in total. The van der Waals surface area contributed by atoms with E-state index < -0.39 is 5.60 Å². The van der Waals surface area contributed by atoms with Gasteiger partial charge >= 0.3 is 0 Å². The van der Waals surface area contributed by atoms with Crippen LogP contribution in [0, 0.1) is 5.92 Å². The highest BCUT2D eigenvalue weighted by Gasteiger charge is 2.49. The zero-order chi connectivity index (χ0) is 17.4. The van der Waals surface area contributed by atoms with Crippen LogP contribution in [0.1, 0.15) is 42.5 Å². The summed E-state index contributed by atoms with van der Waals surface area (Å²) in [5.41, 5.74) is 3.01. The van der Waals surface area contributed by atoms with E-state index in [1.54, 1.807) is 0 Å². The van der Waals surface area contributed by atoms with Gasteiger partial charge in [0.2, 0.25) is 0 Å². The van der Waals surface area contributed by atoms with Gasteiger partial charge in [-0.3, -0.25) is 0 Å². The normalized spacial score (nSPS) is 25.1. The van der Waals surface area contributed by atoms with E-state index in [1.165, 1.54) is 11.1 Å². The second-order valence-electron chi connectivity index (χ2n) is 8.05. The van der Waals surface area contributed by atoms with Crippen LogP contribution in [-0.4, -0.2) is 30.7 Å². The fourth-order valence-corrected chi connectivity index (χ4v) is 4.65. The molecule has 2 aromatic carbocycles. The van der Waals surface area contributed by atoms with Gasteiger partial charge in [-0.25, -0.2) is 0 Å². The maximum atomic E-state index is 11.8. The number of aryl methyl sites for hydroxylation is 1. The fourth-order valence-electron chi connectivity index (χ4n) is 4.65. The highest BCUT2D eigenvalue weighted by atomic mass is 16.3. The molecule has 0 aromatic heterocycles. The van der Waals surface area contributed by atoms with E-state index in [2.05, 4.69) is 82.7 Å². The molecule has 1 unspecified atom stereocenters. The minimum Gasteiger partial charge on any atom is -0.385 e. The van der Waals surface area contributed by atoms with Crippen molar-refractivity contribution < 1.29 is 9.59 Å². The summed E-state index contributed by atoms with van der Waals surface area (Å²) in [5, 5.41) is 11.8. The van der Waals surface area contributed by atoms with Crippen molar-refractivity contribution in [3.8, 4) is 0 Å². The molecule has 0 aliphatic heterocycles. The number of hydrogen-bond donors (Lipinski definition) is 1. The summed E-state index contributed by atoms with van der Waals surface area (Å²) < 4.78 is 0.819. The van der Waals surface area contributed by atoms with Crippen LogP contribution in [-0.2, 0) is 12.0 Å². The van der Waals surface area contributed by atoms with Gasteiger partial charge in [0.05, 0.1) is 26.7 Å². The molecular weight excluding hydrogens is 294 g/mol. The Hall–Kier alpha value is -1.64. The second kappa shape index (κ2) is 6.34. The molecule has 0 fully saturated rings. The van der Waals surface area contributed by atoms with Crippen LogP contribution in [0.3, 0.4) is 0 Å². The van der Waals surface area contributed by atoms with Gasteiger partial charge in [0.15, 0.2) is 0 Å². The molecule has 128 valence electrons. The second-order valence-corrected chi connectivity index (χ2v) is 8.05. The lowest BCUT2D eigenvalue weighted by Gasteiger charge is -2.49. The van der Waals surface area contributed by atoms with Gasteiger partial charge in [0.1, 0.15) is 6.04 Å². The van der Waals surface area contributed by atoms with Gasteiger partial charge < -0.3 is 9.59 Å². The first-order valence-corrected chi connectivity index (χ1v) is 9.04. The predicted octanol–water partition coefficient (Wildman–Crippen LogP) is 4.29. The van der Waals surface area contributed by atoms with E-state index >= 15 is 0 Å². The minimum atomic E-state index is -0.763. The lowest BCUT2D eigenvalue weighted by Crippen LogP contribution is -2.51. The fraction of sp³-hybridized carbons (Fsp3) is 0.455. The Labute approximate surface area is 146 Å². The van der Waals surface area contributed by atoms with E-state index in [1.807, 2.05) is 0 Å². The van der Waals surface area contributed by atoms with Gasteiger partial charge in [-0.15, -0.1) is 0 Å². The zero-order valence-electron chi connectivity index (χ0n) is 15.4. The first-order chi connectivity index (χ1) is 11.4. The van der Waals surface area contributed by atoms with E-state index in [0.29, 0.717) is 0 Å². The van der Waals surface area contributed by atoms with Crippen LogP contribution in [0.25, 0.3) is 0 Å². The molecule has 2 heteroatoms. The highest BCUT2D eigenvalue weighted by Crippen LogP contribution is 2.50. The monoisotopic (exact) mass is 324 g/mol. The molecule has 3 rings (SSSR count). The molecule has 0 amide bonds. The first kappa shape index (κ1) is 17.2. The van der Waals surface area contributed by atoms with Crippen molar-refractivity contribution in [3.05, 3.63) is 71.3 Å². The van der Waals surface area contributed by atoms with E-state index in [9.17, 15) is 5.11 Å². The third kappa shape index (κ3) is 2.89. The molecule has 1 N–H and O–H groups in total. The zero-order valence-corrected chi connectivity index (χ0v) is 15.4. The molecule has 0 saturated heterocycles. The molecule has 0 heterocycles. The average Bonchev–Trinajstić information content (AvgIpc) is 2.57. The van der Waals surface area contributed by atoms with Gasteiger partial charge in [0, 0.05) is 11.5 Å². The quantitative estimate of drug-likeness (QED) is 0.832. The maximum absolute atomic E-state index is 11.8. The third-order valence-electron chi connectivity index (χ3n) is 5.72. The Balaban J connectivity index is 2.12. The molecule has 24 heavy (non-hydrogen) atoms. The van der Waals surface area contributed by atoms with Crippen molar-refractivity contribution in [3.63, 3.8) is 0 Å². The van der Waals surface area contributed by atoms with Crippen molar-refractivity contribution in [2.24, 2.45) is 5.92 Å². The summed E-state index contributed by atoms with van der Waals surface area (Å²) in [4.78, 5) is 0. The topological polar surface area (TPSA) is 20.2 Å². The maximum Gasteiger partial charge on any atom is 0.120 e. The smallest absolute Gasteiger partial charge is 0.120 e. The van der Waals surface area contributed by atoms with Gasteiger partial charge in [-0.05, 0) is 30.4 Å². The van der Waals surface area contributed by atoms with Crippen LogP contribution in [0.2, 0.25) is 0 Å². The van der Waals surface area contributed by atoms with Crippen molar-refractivity contribution in [1.29, 1.82) is 0 Å². The molecular formula is C22H30NO+. The number of benzene rings is 2. The van der Waals surface area contributed by atoms with Gasteiger partial charge in [0.25, 0.3) is 0 Å². The molecule has 0 bridgehead atoms. The largest absolute Gasteiger partial charge is 0.385 e. The minimum absolute atomic E-state index is 0.208. The first-order valence-electron chi connectivity index (χ1n) is 9.04. The number of aliphatic hydroxyl groups is 1. The standard InChI is InChI=1S/C22H30NO/c1-5-22(24)19-14-10-9-11-17(19)15-16-20(22)21(23(2,3)4)18-12-7-6-8-13-18/h6-14,20-21,24H,5,15-16H2,1-4H3/q+1/t20-,21-,22?/m0/s1. The molecule has 1 aliphatic rings. The van der Waals surface area contributed by atoms with Crippen molar-refractivity contribution >= 4 is 0 Å². The van der Waals surface area contributed by atoms with E-state index in [4.69, 9.17) is 0 Å². The Bertz CT molecular complexity index is 689. The van der Waals surface area contributed by atoms with Crippen molar-refractivity contribution in [2.45, 2.75) is 37.8 Å². The molecule has 0 spiro atoms. The van der Waals surface area contributed by atoms with Crippen molar-refractivity contribution in [2.75, 3.05) is 21.1 Å². The third-order valence-corrected chi connectivity index (χ3v) is 5.72. The SMILES string of the molecule is CCC1(O)c2ccccc2CC[C@H]1[C@H](c1ccccc1)[N+](C)(C)C. The summed E-state index contributed by atoms with van der Waals surface area (Å²) in [6, 6.07) is 19.4. The van der Waals surface area contributed by atoms with Crippen LogP contribution in [0.4, 0.5) is 0 Å². The number of hydrogen-bond acceptors (Lipinski definition) is 1. The summed E-state index contributed by atoms with van der Waals surface area (Å²) in [5.74, 6) is 0.208. The summed E-state index contributed by atoms with van der Waals surface area (Å²) in [7, 11) is 6.73. The lowest BCUT2D eigenvalue weighted by molar-refractivity contribution is -0.908. The summed E-state index contributed by atoms with van der Waals surface area (Å²) in [6.07, 6.45) is 2.82. The van der Waals surface area contributed by atoms with E-state index in [0.717, 1.165) is 29.3 Å². The molecule has 1 aliphatic carbocycles. The van der Waals surface area contributed by atoms with Crippen LogP contribution < -0.4 is 0 Å². The van der Waals surface area contributed by atoms with E-state index in [-0.39, 0.29) is 12.0 Å². The van der Waals surface area contributed by atoms with Crippen LogP contribution in [0.5, 0.6) is 0 Å². The van der Waals surface area contributed by atoms with Gasteiger partial charge in [-0.2, -0.15) is 0 Å². The molecule has 3 atom stereocenters. The predicted molar refractivity (Wildman–Crippen MR) is 99.7 cm³/mol. The summed E-state index contributed by atoms with van der Waals surface area (Å²) >= 11 is 0. The van der Waals surface area contributed by atoms with Gasteiger partial charge in [-0.1, -0.05) is 61.5 Å². The number of rotatable bonds is 4. The van der Waals surface area contributed by atoms with Crippen LogP contribution >= 0.6 is 0 Å². The Kier molecular flexibility index (Phi) is 4.54.